The van der Waals surface area contributed by atoms with Crippen molar-refractivity contribution >= 4 is 23.1 Å². The zero-order valence-corrected chi connectivity index (χ0v) is 18.6. The first-order chi connectivity index (χ1) is 16.3. The Morgan fingerprint density at radius 2 is 1.85 bits per heavy atom. The summed E-state index contributed by atoms with van der Waals surface area (Å²) in [6.07, 6.45) is -0.976. The van der Waals surface area contributed by atoms with Gasteiger partial charge in [0.05, 0.1) is 13.2 Å². The lowest BCUT2D eigenvalue weighted by molar-refractivity contribution is -0.337. The molecule has 0 saturated heterocycles. The highest BCUT2D eigenvalue weighted by Gasteiger charge is 2.36. The van der Waals surface area contributed by atoms with Crippen molar-refractivity contribution in [2.24, 2.45) is 7.05 Å². The molecule has 2 aromatic carbocycles. The molecule has 0 amide bonds. The molecule has 0 spiro atoms. The molecule has 4 rings (SSSR count). The van der Waals surface area contributed by atoms with E-state index in [9.17, 15) is 23.7 Å². The van der Waals surface area contributed by atoms with Crippen LogP contribution in [0.1, 0.15) is 5.56 Å². The van der Waals surface area contributed by atoms with Crippen molar-refractivity contribution in [2.45, 2.75) is 19.4 Å². The first-order valence-corrected chi connectivity index (χ1v) is 10.4. The number of anilines is 2. The number of fused-ring (bicyclic) bond motifs is 1. The average molecular weight is 496 g/mol. The normalized spacial score (nSPS) is 14.8. The molecule has 0 aliphatic carbocycles. The predicted octanol–water partition coefficient (Wildman–Crippen LogP) is 2.35. The van der Waals surface area contributed by atoms with E-state index in [1.165, 1.54) is 35.9 Å². The Labute approximate surface area is 196 Å². The van der Waals surface area contributed by atoms with Gasteiger partial charge in [0.25, 0.3) is 11.9 Å². The topological polar surface area (TPSA) is 101 Å². The molecule has 1 aromatic heterocycles. The summed E-state index contributed by atoms with van der Waals surface area (Å²) in [6, 6.07) is 12.5. The highest BCUT2D eigenvalue weighted by molar-refractivity contribution is 6.30. The smallest absolute Gasteiger partial charge is 0.332 e. The van der Waals surface area contributed by atoms with Crippen molar-refractivity contribution in [3.05, 3.63) is 80.0 Å². The fourth-order valence-electron chi connectivity index (χ4n) is 3.64. The van der Waals surface area contributed by atoms with Gasteiger partial charge in [0.1, 0.15) is 17.3 Å². The Balaban J connectivity index is 1.75. The van der Waals surface area contributed by atoms with Crippen LogP contribution >= 0.6 is 11.6 Å². The zero-order valence-electron chi connectivity index (χ0n) is 17.8. The van der Waals surface area contributed by atoms with Gasteiger partial charge in [0.2, 0.25) is 5.51 Å². The molecule has 0 radical (unpaired) electrons. The molecule has 34 heavy (non-hydrogen) atoms. The molecule has 1 aliphatic rings. The van der Waals surface area contributed by atoms with Crippen LogP contribution in [0.3, 0.4) is 0 Å². The Hall–Kier alpha value is -3.61. The van der Waals surface area contributed by atoms with E-state index in [0.29, 0.717) is 5.02 Å². The van der Waals surface area contributed by atoms with Gasteiger partial charge >= 0.3 is 5.69 Å². The van der Waals surface area contributed by atoms with Crippen LogP contribution in [0.15, 0.2) is 58.1 Å². The second-order valence-electron chi connectivity index (χ2n) is 7.36. The maximum Gasteiger partial charge on any atom is 0.332 e. The Morgan fingerprint density at radius 1 is 1.15 bits per heavy atom. The molecule has 13 heteroatoms. The van der Waals surface area contributed by atoms with E-state index < -0.39 is 29.7 Å². The summed E-state index contributed by atoms with van der Waals surface area (Å²) >= 11 is 5.98. The Morgan fingerprint density at radius 3 is 2.53 bits per heavy atom. The summed E-state index contributed by atoms with van der Waals surface area (Å²) in [5, 5.41) is 12.9. The summed E-state index contributed by atoms with van der Waals surface area (Å²) in [5.74, 6) is 0.223. The van der Waals surface area contributed by atoms with Crippen molar-refractivity contribution in [1.29, 1.82) is 0 Å². The average Bonchev–Trinajstić information content (AvgIpc) is 3.14. The van der Waals surface area contributed by atoms with Crippen LogP contribution in [0, 0.1) is 0 Å². The van der Waals surface area contributed by atoms with Crippen LogP contribution in [0.4, 0.5) is 20.5 Å². The van der Waals surface area contributed by atoms with Crippen LogP contribution in [0.5, 0.6) is 11.5 Å². The summed E-state index contributed by atoms with van der Waals surface area (Å²) in [4.78, 5) is 31.7. The van der Waals surface area contributed by atoms with Gasteiger partial charge in [-0.25, -0.2) is 4.79 Å². The number of benzene rings is 2. The lowest BCUT2D eigenvalue weighted by atomic mass is 10.2. The van der Waals surface area contributed by atoms with Crippen LogP contribution in [-0.4, -0.2) is 32.7 Å². The molecule has 10 nitrogen and oxygen atoms in total. The molecule has 180 valence electrons. The summed E-state index contributed by atoms with van der Waals surface area (Å²) < 4.78 is 33.0. The maximum absolute atomic E-state index is 13.2. The maximum atomic E-state index is 13.2. The summed E-state index contributed by atoms with van der Waals surface area (Å²) in [7, 11) is 1.48. The van der Waals surface area contributed by atoms with Gasteiger partial charge in [-0.15, -0.1) is 0 Å². The minimum atomic E-state index is -1.44. The van der Waals surface area contributed by atoms with E-state index in [1.54, 1.807) is 29.2 Å². The fourth-order valence-corrected chi connectivity index (χ4v) is 3.77. The predicted molar refractivity (Wildman–Crippen MR) is 120 cm³/mol. The molecule has 3 aromatic rings. The number of hydrogen-bond donors (Lipinski definition) is 2. The van der Waals surface area contributed by atoms with Crippen molar-refractivity contribution in [3.63, 3.8) is 0 Å². The SMILES string of the molecule is Cn1c2c(c(=O)n(CCO)c1=O)N(Cc1ccc(Cl)cc1)C(Oc1cccc(ON(F)F)c1)N2. The lowest BCUT2D eigenvalue weighted by Crippen LogP contribution is -2.43. The quantitative estimate of drug-likeness (QED) is 0.363. The largest absolute Gasteiger partial charge is 0.452 e. The molecule has 2 N–H and O–H groups in total. The van der Waals surface area contributed by atoms with Crippen LogP contribution in [-0.2, 0) is 20.1 Å². The number of nitrogens with one attached hydrogen (secondary N) is 1. The van der Waals surface area contributed by atoms with Crippen LogP contribution in [0.25, 0.3) is 0 Å². The summed E-state index contributed by atoms with van der Waals surface area (Å²) in [5.41, 5.74) is -1.71. The van der Waals surface area contributed by atoms with Crippen molar-refractivity contribution in [2.75, 3.05) is 16.8 Å². The molecular weight excluding hydrogens is 476 g/mol. The van der Waals surface area contributed by atoms with Gasteiger partial charge in [-0.1, -0.05) is 38.8 Å². The van der Waals surface area contributed by atoms with Gasteiger partial charge in [-0.3, -0.25) is 13.9 Å². The monoisotopic (exact) mass is 495 g/mol. The molecule has 0 bridgehead atoms. The van der Waals surface area contributed by atoms with E-state index in [1.807, 2.05) is 0 Å². The number of aromatic nitrogens is 2. The standard InChI is InChI=1S/C21H20ClF2N5O5/c1-26-18-17(19(31)27(9-10-30)21(26)32)28(12-13-5-7-14(22)8-6-13)20(25-18)33-15-3-2-4-16(11-15)34-29(23)24/h2-8,11,20,25,30H,9-10,12H2,1H3. The number of ether oxygens (including phenoxy) is 1. The first kappa shape index (κ1) is 23.5. The van der Waals surface area contributed by atoms with E-state index in [0.717, 1.165) is 10.1 Å². The number of nitrogens with zero attached hydrogens (tertiary/aromatic N) is 4. The van der Waals surface area contributed by atoms with Crippen LogP contribution < -0.4 is 31.0 Å². The highest BCUT2D eigenvalue weighted by Crippen LogP contribution is 2.33. The molecule has 1 unspecified atom stereocenters. The zero-order chi connectivity index (χ0) is 24.4. The van der Waals surface area contributed by atoms with Crippen molar-refractivity contribution < 1.29 is 23.6 Å². The van der Waals surface area contributed by atoms with Gasteiger partial charge in [-0.2, -0.15) is 0 Å². The van der Waals surface area contributed by atoms with Crippen molar-refractivity contribution in [1.82, 2.24) is 14.6 Å². The third-order valence-corrected chi connectivity index (χ3v) is 5.43. The molecule has 0 saturated carbocycles. The second kappa shape index (κ2) is 9.71. The number of aliphatic hydroxyl groups excluding tert-OH is 1. The number of hydrogen-bond acceptors (Lipinski definition) is 8. The highest BCUT2D eigenvalue weighted by atomic mass is 35.5. The fraction of sp³-hybridized carbons (Fsp3) is 0.238. The van der Waals surface area contributed by atoms with Crippen molar-refractivity contribution in [3.8, 4) is 11.5 Å². The minimum absolute atomic E-state index is 0.154. The van der Waals surface area contributed by atoms with E-state index >= 15 is 0 Å². The van der Waals surface area contributed by atoms with Crippen LogP contribution in [0.2, 0.25) is 5.02 Å². The number of rotatable bonds is 8. The Kier molecular flexibility index (Phi) is 6.72. The van der Waals surface area contributed by atoms with E-state index in [-0.39, 0.29) is 36.1 Å². The van der Waals surface area contributed by atoms with E-state index in [4.69, 9.17) is 16.3 Å². The van der Waals surface area contributed by atoms with Gasteiger partial charge in [0.15, 0.2) is 5.75 Å². The third kappa shape index (κ3) is 4.69. The third-order valence-electron chi connectivity index (χ3n) is 5.17. The number of halogens is 3. The molecule has 2 heterocycles. The molecule has 1 aliphatic heterocycles. The van der Waals surface area contributed by atoms with Gasteiger partial charge < -0.3 is 24.9 Å². The van der Waals surface area contributed by atoms with Gasteiger partial charge in [-0.05, 0) is 29.8 Å². The first-order valence-electron chi connectivity index (χ1n) is 10.1. The minimum Gasteiger partial charge on any atom is -0.452 e. The van der Waals surface area contributed by atoms with Gasteiger partial charge in [0, 0.05) is 24.7 Å². The lowest BCUT2D eigenvalue weighted by Gasteiger charge is -2.26. The molecular formula is C21H20ClF2N5O5. The number of aliphatic hydroxyl groups is 1. The second-order valence-corrected chi connectivity index (χ2v) is 7.79. The summed E-state index contributed by atoms with van der Waals surface area (Å²) in [6.45, 7) is -0.389. The van der Waals surface area contributed by atoms with E-state index in [2.05, 4.69) is 10.2 Å². The molecule has 1 atom stereocenters. The Bertz CT molecular complexity index is 1300. The molecule has 0 fully saturated rings.